The van der Waals surface area contributed by atoms with Crippen LogP contribution in [0.3, 0.4) is 0 Å². The number of esters is 1. The van der Waals surface area contributed by atoms with Crippen molar-refractivity contribution in [1.82, 2.24) is 0 Å². The van der Waals surface area contributed by atoms with Crippen LogP contribution in [-0.2, 0) is 4.79 Å². The van der Waals surface area contributed by atoms with Gasteiger partial charge in [0.05, 0.1) is 5.56 Å². The van der Waals surface area contributed by atoms with Crippen molar-refractivity contribution in [1.29, 1.82) is 0 Å². The summed E-state index contributed by atoms with van der Waals surface area (Å²) in [5.74, 6) is -0.121. The quantitative estimate of drug-likeness (QED) is 0.676. The summed E-state index contributed by atoms with van der Waals surface area (Å²) in [6.07, 6.45) is 0. The maximum atomic E-state index is 12.5. The Morgan fingerprint density at radius 2 is 1.78 bits per heavy atom. The number of carbonyl (C=O) groups excluding carboxylic acids is 2. The molecule has 0 saturated heterocycles. The number of para-hydroxylation sites is 1. The Bertz CT molecular complexity index is 735. The molecule has 0 atom stereocenters. The van der Waals surface area contributed by atoms with Gasteiger partial charge in [0.1, 0.15) is 5.75 Å². The molecule has 4 nitrogen and oxygen atoms in total. The molecule has 0 heterocycles. The fraction of sp³-hybridized carbons (Fsp3) is 0.263. The van der Waals surface area contributed by atoms with Gasteiger partial charge in [-0.25, -0.2) is 0 Å². The predicted octanol–water partition coefficient (Wildman–Crippen LogP) is 4.30. The molecule has 0 fully saturated rings. The Kier molecular flexibility index (Phi) is 5.16. The lowest BCUT2D eigenvalue weighted by molar-refractivity contribution is -0.131. The van der Waals surface area contributed by atoms with E-state index in [2.05, 4.69) is 25.2 Å². The SMILES string of the molecule is CC(=O)Oc1ccccc1C(=O)Nc1cc(C(C)C)ccc1C. The van der Waals surface area contributed by atoms with Gasteiger partial charge in [-0.3, -0.25) is 9.59 Å². The van der Waals surface area contributed by atoms with E-state index in [4.69, 9.17) is 4.74 Å². The van der Waals surface area contributed by atoms with Gasteiger partial charge in [-0.1, -0.05) is 38.1 Å². The summed E-state index contributed by atoms with van der Waals surface area (Å²) in [7, 11) is 0. The molecule has 0 aromatic heterocycles. The first kappa shape index (κ1) is 16.7. The Morgan fingerprint density at radius 1 is 1.09 bits per heavy atom. The number of rotatable bonds is 4. The van der Waals surface area contributed by atoms with Crippen molar-refractivity contribution in [2.45, 2.75) is 33.6 Å². The van der Waals surface area contributed by atoms with Crippen molar-refractivity contribution in [3.8, 4) is 5.75 Å². The van der Waals surface area contributed by atoms with Crippen molar-refractivity contribution in [2.24, 2.45) is 0 Å². The number of hydrogen-bond acceptors (Lipinski definition) is 3. The van der Waals surface area contributed by atoms with Crippen LogP contribution in [0, 0.1) is 6.92 Å². The first-order chi connectivity index (χ1) is 10.9. The van der Waals surface area contributed by atoms with Crippen molar-refractivity contribution in [3.05, 3.63) is 59.2 Å². The molecule has 0 spiro atoms. The molecule has 2 aromatic carbocycles. The van der Waals surface area contributed by atoms with Crippen molar-refractivity contribution in [2.75, 3.05) is 5.32 Å². The Morgan fingerprint density at radius 3 is 2.43 bits per heavy atom. The highest BCUT2D eigenvalue weighted by molar-refractivity contribution is 6.06. The number of hydrogen-bond donors (Lipinski definition) is 1. The van der Waals surface area contributed by atoms with Gasteiger partial charge in [-0.05, 0) is 42.2 Å². The van der Waals surface area contributed by atoms with Gasteiger partial charge in [0.2, 0.25) is 0 Å². The molecule has 0 aliphatic rings. The van der Waals surface area contributed by atoms with E-state index in [1.54, 1.807) is 24.3 Å². The fourth-order valence-electron chi connectivity index (χ4n) is 2.22. The Labute approximate surface area is 136 Å². The summed E-state index contributed by atoms with van der Waals surface area (Å²) in [6.45, 7) is 7.46. The molecule has 0 radical (unpaired) electrons. The first-order valence-corrected chi connectivity index (χ1v) is 7.58. The Balaban J connectivity index is 2.29. The zero-order chi connectivity index (χ0) is 17.0. The molecule has 0 unspecified atom stereocenters. The van der Waals surface area contributed by atoms with Crippen LogP contribution in [0.4, 0.5) is 5.69 Å². The average Bonchev–Trinajstić information content (AvgIpc) is 2.49. The van der Waals surface area contributed by atoms with Crippen LogP contribution in [0.5, 0.6) is 5.75 Å². The third-order valence-corrected chi connectivity index (χ3v) is 3.56. The zero-order valence-corrected chi connectivity index (χ0v) is 13.8. The second-order valence-electron chi connectivity index (χ2n) is 5.77. The molecular weight excluding hydrogens is 290 g/mol. The summed E-state index contributed by atoms with van der Waals surface area (Å²) in [5.41, 5.74) is 3.22. The van der Waals surface area contributed by atoms with Crippen molar-refractivity contribution in [3.63, 3.8) is 0 Å². The summed E-state index contributed by atoms with van der Waals surface area (Å²) >= 11 is 0. The maximum absolute atomic E-state index is 12.5. The minimum atomic E-state index is -0.455. The molecule has 4 heteroatoms. The van der Waals surface area contributed by atoms with Gasteiger partial charge in [0.15, 0.2) is 0 Å². The average molecular weight is 311 g/mol. The molecule has 2 rings (SSSR count). The number of ether oxygens (including phenoxy) is 1. The molecule has 2 aromatic rings. The second kappa shape index (κ2) is 7.09. The molecule has 0 saturated carbocycles. The minimum Gasteiger partial charge on any atom is -0.426 e. The summed E-state index contributed by atoms with van der Waals surface area (Å²) in [6, 6.07) is 12.7. The van der Waals surface area contributed by atoms with E-state index in [0.29, 0.717) is 11.5 Å². The van der Waals surface area contributed by atoms with E-state index >= 15 is 0 Å². The van der Waals surface area contributed by atoms with Gasteiger partial charge in [0.25, 0.3) is 5.91 Å². The molecule has 1 amide bonds. The van der Waals surface area contributed by atoms with Gasteiger partial charge in [0, 0.05) is 12.6 Å². The van der Waals surface area contributed by atoms with E-state index in [1.807, 2.05) is 19.1 Å². The zero-order valence-electron chi connectivity index (χ0n) is 13.8. The molecule has 23 heavy (non-hydrogen) atoms. The summed E-state index contributed by atoms with van der Waals surface area (Å²) in [4.78, 5) is 23.7. The van der Waals surface area contributed by atoms with Crippen LogP contribution in [0.1, 0.15) is 48.2 Å². The molecular formula is C19H21NO3. The third kappa shape index (κ3) is 4.19. The van der Waals surface area contributed by atoms with Crippen LogP contribution in [0.15, 0.2) is 42.5 Å². The molecule has 0 bridgehead atoms. The first-order valence-electron chi connectivity index (χ1n) is 7.58. The highest BCUT2D eigenvalue weighted by Crippen LogP contribution is 2.24. The van der Waals surface area contributed by atoms with Crippen molar-refractivity contribution < 1.29 is 14.3 Å². The minimum absolute atomic E-state index is 0.259. The van der Waals surface area contributed by atoms with E-state index in [-0.39, 0.29) is 11.7 Å². The molecule has 0 aliphatic carbocycles. The van der Waals surface area contributed by atoms with Crippen LogP contribution in [-0.4, -0.2) is 11.9 Å². The van der Waals surface area contributed by atoms with Gasteiger partial charge >= 0.3 is 5.97 Å². The number of anilines is 1. The maximum Gasteiger partial charge on any atom is 0.308 e. The second-order valence-corrected chi connectivity index (χ2v) is 5.77. The molecule has 0 aliphatic heterocycles. The summed E-state index contributed by atoms with van der Waals surface area (Å²) in [5, 5.41) is 2.91. The summed E-state index contributed by atoms with van der Waals surface area (Å²) < 4.78 is 5.10. The lowest BCUT2D eigenvalue weighted by Crippen LogP contribution is -2.15. The highest BCUT2D eigenvalue weighted by Gasteiger charge is 2.15. The van der Waals surface area contributed by atoms with Crippen LogP contribution in [0.25, 0.3) is 0 Å². The van der Waals surface area contributed by atoms with Gasteiger partial charge < -0.3 is 10.1 Å². The fourth-order valence-corrected chi connectivity index (χ4v) is 2.22. The number of aryl methyl sites for hydroxylation is 1. The highest BCUT2D eigenvalue weighted by atomic mass is 16.5. The standard InChI is InChI=1S/C19H21NO3/c1-12(2)15-10-9-13(3)17(11-15)20-19(22)16-7-5-6-8-18(16)23-14(4)21/h5-12H,1-4H3,(H,20,22). The third-order valence-electron chi connectivity index (χ3n) is 3.56. The van der Waals surface area contributed by atoms with E-state index < -0.39 is 5.97 Å². The van der Waals surface area contributed by atoms with E-state index in [1.165, 1.54) is 6.92 Å². The number of benzene rings is 2. The largest absolute Gasteiger partial charge is 0.426 e. The lowest BCUT2D eigenvalue weighted by Gasteiger charge is -2.14. The number of nitrogens with one attached hydrogen (secondary N) is 1. The topological polar surface area (TPSA) is 55.4 Å². The van der Waals surface area contributed by atoms with Crippen molar-refractivity contribution >= 4 is 17.6 Å². The van der Waals surface area contributed by atoms with Crippen LogP contribution in [0.2, 0.25) is 0 Å². The number of amides is 1. The predicted molar refractivity (Wildman–Crippen MR) is 91.0 cm³/mol. The van der Waals surface area contributed by atoms with Crippen LogP contribution >= 0.6 is 0 Å². The molecule has 1 N–H and O–H groups in total. The monoisotopic (exact) mass is 311 g/mol. The lowest BCUT2D eigenvalue weighted by atomic mass is 10.0. The Hall–Kier alpha value is -2.62. The molecule has 120 valence electrons. The normalized spacial score (nSPS) is 10.5. The van der Waals surface area contributed by atoms with Gasteiger partial charge in [-0.2, -0.15) is 0 Å². The van der Waals surface area contributed by atoms with Gasteiger partial charge in [-0.15, -0.1) is 0 Å². The van der Waals surface area contributed by atoms with E-state index in [0.717, 1.165) is 16.8 Å². The van der Waals surface area contributed by atoms with E-state index in [9.17, 15) is 9.59 Å². The smallest absolute Gasteiger partial charge is 0.308 e. The number of carbonyl (C=O) groups is 2. The van der Waals surface area contributed by atoms with Crippen LogP contribution < -0.4 is 10.1 Å².